The zero-order valence-corrected chi connectivity index (χ0v) is 19.4. The van der Waals surface area contributed by atoms with Gasteiger partial charge in [-0.1, -0.05) is 6.08 Å². The molecule has 0 radical (unpaired) electrons. The highest BCUT2D eigenvalue weighted by molar-refractivity contribution is 5.82. The molecule has 0 unspecified atom stereocenters. The molecule has 34 heavy (non-hydrogen) atoms. The summed E-state index contributed by atoms with van der Waals surface area (Å²) in [5.74, 6) is 1.54. The number of nitrogens with one attached hydrogen (secondary N) is 3. The van der Waals surface area contributed by atoms with Crippen molar-refractivity contribution in [2.45, 2.75) is 13.8 Å². The number of aromatic nitrogens is 5. The predicted octanol–water partition coefficient (Wildman–Crippen LogP) is 4.45. The molecule has 3 N–H and O–H groups in total. The van der Waals surface area contributed by atoms with Gasteiger partial charge in [0.1, 0.15) is 5.82 Å². The molecule has 1 aromatic carbocycles. The van der Waals surface area contributed by atoms with Gasteiger partial charge in [0.15, 0.2) is 17.4 Å². The molecule has 0 saturated carbocycles. The molecule has 4 heterocycles. The minimum absolute atomic E-state index is 0.107. The maximum atomic E-state index is 15.1. The number of piperazine rings is 1. The van der Waals surface area contributed by atoms with E-state index in [2.05, 4.69) is 47.3 Å². The van der Waals surface area contributed by atoms with E-state index in [4.69, 9.17) is 4.74 Å². The summed E-state index contributed by atoms with van der Waals surface area (Å²) in [6, 6.07) is 8.77. The van der Waals surface area contributed by atoms with Crippen LogP contribution in [-0.4, -0.2) is 63.3 Å². The molecule has 176 valence electrons. The SMILES string of the molecule is C/C=C/c1cc(Nc2nc(Oc3ccc4[nH]c(C)cc4c3F)cc(N3CCN(C)CC3)n2)n[nH]1. The number of allylic oxidation sites excluding steroid dienone is 1. The van der Waals surface area contributed by atoms with Gasteiger partial charge in [-0.25, -0.2) is 4.39 Å². The highest BCUT2D eigenvalue weighted by Gasteiger charge is 2.19. The number of fused-ring (bicyclic) bond motifs is 1. The molecule has 5 rings (SSSR count). The molecule has 4 aromatic rings. The third kappa shape index (κ3) is 4.58. The van der Waals surface area contributed by atoms with Crippen LogP contribution in [0.2, 0.25) is 0 Å². The molecule has 3 aromatic heterocycles. The van der Waals surface area contributed by atoms with E-state index in [1.807, 2.05) is 32.1 Å². The fourth-order valence-electron chi connectivity index (χ4n) is 3.98. The van der Waals surface area contributed by atoms with Gasteiger partial charge >= 0.3 is 0 Å². The number of halogens is 1. The lowest BCUT2D eigenvalue weighted by Gasteiger charge is -2.33. The number of aryl methyl sites for hydroxylation is 1. The summed E-state index contributed by atoms with van der Waals surface area (Å²) < 4.78 is 21.1. The van der Waals surface area contributed by atoms with Crippen LogP contribution in [0.5, 0.6) is 11.6 Å². The van der Waals surface area contributed by atoms with E-state index in [0.717, 1.165) is 43.1 Å². The minimum Gasteiger partial charge on any atom is -0.436 e. The van der Waals surface area contributed by atoms with Crippen LogP contribution in [0, 0.1) is 12.7 Å². The third-order valence-electron chi connectivity index (χ3n) is 5.75. The quantitative estimate of drug-likeness (QED) is 0.389. The van der Waals surface area contributed by atoms with E-state index in [9.17, 15) is 0 Å². The Hall–Kier alpha value is -3.92. The molecule has 1 saturated heterocycles. The Morgan fingerprint density at radius 1 is 1.12 bits per heavy atom. The van der Waals surface area contributed by atoms with Crippen molar-refractivity contribution in [2.75, 3.05) is 43.4 Å². The monoisotopic (exact) mass is 462 g/mol. The molecule has 0 amide bonds. The fraction of sp³-hybridized carbons (Fsp3) is 0.292. The van der Waals surface area contributed by atoms with E-state index in [-0.39, 0.29) is 11.6 Å². The van der Waals surface area contributed by atoms with Crippen LogP contribution in [0.1, 0.15) is 18.3 Å². The van der Waals surface area contributed by atoms with E-state index >= 15 is 4.39 Å². The largest absolute Gasteiger partial charge is 0.436 e. The van der Waals surface area contributed by atoms with Crippen molar-refractivity contribution >= 4 is 34.6 Å². The lowest BCUT2D eigenvalue weighted by Crippen LogP contribution is -2.44. The molecule has 1 aliphatic heterocycles. The molecular formula is C24H27FN8O. The summed E-state index contributed by atoms with van der Waals surface area (Å²) in [5.41, 5.74) is 2.46. The lowest BCUT2D eigenvalue weighted by atomic mass is 10.2. The number of hydrogen-bond donors (Lipinski definition) is 3. The zero-order valence-electron chi connectivity index (χ0n) is 19.4. The standard InChI is InChI=1S/C24H27FN8O/c1-4-5-16-13-20(31-30-16)27-24-28-21(33-10-8-32(3)9-11-33)14-22(29-24)34-19-7-6-18-17(23(19)25)12-15(2)26-18/h4-7,12-14,26H,8-11H2,1-3H3,(H2,27,28,29,30,31)/b5-4+. The topological polar surface area (TPSA) is 98.0 Å². The number of aromatic amines is 2. The average Bonchev–Trinajstić information content (AvgIpc) is 3.42. The summed E-state index contributed by atoms with van der Waals surface area (Å²) in [6.45, 7) is 7.32. The Morgan fingerprint density at radius 3 is 2.74 bits per heavy atom. The van der Waals surface area contributed by atoms with Crippen LogP contribution < -0.4 is 15.0 Å². The first kappa shape index (κ1) is 21.9. The molecule has 1 fully saturated rings. The number of H-pyrrole nitrogens is 2. The van der Waals surface area contributed by atoms with E-state index in [0.29, 0.717) is 23.0 Å². The molecule has 9 nitrogen and oxygen atoms in total. The first-order valence-electron chi connectivity index (χ1n) is 11.2. The highest BCUT2D eigenvalue weighted by Crippen LogP contribution is 2.32. The van der Waals surface area contributed by atoms with E-state index in [1.165, 1.54) is 0 Å². The van der Waals surface area contributed by atoms with Gasteiger partial charge in [0.2, 0.25) is 11.8 Å². The maximum absolute atomic E-state index is 15.1. The van der Waals surface area contributed by atoms with Crippen molar-refractivity contribution in [2.24, 2.45) is 0 Å². The number of rotatable bonds is 6. The van der Waals surface area contributed by atoms with Crippen LogP contribution in [0.15, 0.2) is 36.4 Å². The van der Waals surface area contributed by atoms with Gasteiger partial charge in [-0.2, -0.15) is 15.1 Å². The normalized spacial score (nSPS) is 14.9. The third-order valence-corrected chi connectivity index (χ3v) is 5.75. The molecule has 0 atom stereocenters. The van der Waals surface area contributed by atoms with Gasteiger partial charge < -0.3 is 24.8 Å². The number of hydrogen-bond acceptors (Lipinski definition) is 7. The zero-order chi connectivity index (χ0) is 23.7. The van der Waals surface area contributed by atoms with Crippen molar-refractivity contribution in [3.63, 3.8) is 0 Å². The first-order chi connectivity index (χ1) is 16.5. The van der Waals surface area contributed by atoms with Crippen molar-refractivity contribution in [3.05, 3.63) is 53.6 Å². The van der Waals surface area contributed by atoms with Gasteiger partial charge in [-0.15, -0.1) is 0 Å². The van der Waals surface area contributed by atoms with Crippen LogP contribution in [0.4, 0.5) is 22.0 Å². The predicted molar refractivity (Wildman–Crippen MR) is 131 cm³/mol. The number of benzene rings is 1. The maximum Gasteiger partial charge on any atom is 0.233 e. The fourth-order valence-corrected chi connectivity index (χ4v) is 3.98. The molecule has 0 spiro atoms. The van der Waals surface area contributed by atoms with Crippen molar-refractivity contribution < 1.29 is 9.13 Å². The number of anilines is 3. The number of likely N-dealkylation sites (N-methyl/N-ethyl adjacent to an activating group) is 1. The van der Waals surface area contributed by atoms with Crippen molar-refractivity contribution in [3.8, 4) is 11.6 Å². The summed E-state index contributed by atoms with van der Waals surface area (Å²) >= 11 is 0. The summed E-state index contributed by atoms with van der Waals surface area (Å²) in [7, 11) is 2.10. The Bertz CT molecular complexity index is 1340. The Kier molecular flexibility index (Phi) is 5.89. The Labute approximate surface area is 196 Å². The van der Waals surface area contributed by atoms with E-state index < -0.39 is 5.82 Å². The number of nitrogens with zero attached hydrogens (tertiary/aromatic N) is 5. The second-order valence-electron chi connectivity index (χ2n) is 8.41. The van der Waals surface area contributed by atoms with E-state index in [1.54, 1.807) is 24.3 Å². The lowest BCUT2D eigenvalue weighted by molar-refractivity contribution is 0.312. The molecule has 0 aliphatic carbocycles. The molecule has 10 heteroatoms. The average molecular weight is 463 g/mol. The van der Waals surface area contributed by atoms with Crippen molar-refractivity contribution in [1.82, 2.24) is 30.0 Å². The number of ether oxygens (including phenoxy) is 1. The summed E-state index contributed by atoms with van der Waals surface area (Å²) in [6.07, 6.45) is 3.83. The van der Waals surface area contributed by atoms with Crippen LogP contribution in [-0.2, 0) is 0 Å². The van der Waals surface area contributed by atoms with Gasteiger partial charge in [-0.3, -0.25) is 5.10 Å². The molecular weight excluding hydrogens is 435 g/mol. The first-order valence-corrected chi connectivity index (χ1v) is 11.2. The van der Waals surface area contributed by atoms with Gasteiger partial charge in [-0.05, 0) is 45.2 Å². The summed E-state index contributed by atoms with van der Waals surface area (Å²) in [4.78, 5) is 16.7. The van der Waals surface area contributed by atoms with Gasteiger partial charge in [0.05, 0.1) is 5.69 Å². The molecule has 1 aliphatic rings. The van der Waals surface area contributed by atoms with Crippen molar-refractivity contribution in [1.29, 1.82) is 0 Å². The summed E-state index contributed by atoms with van der Waals surface area (Å²) in [5, 5.41) is 10.8. The second-order valence-corrected chi connectivity index (χ2v) is 8.41. The van der Waals surface area contributed by atoms with Gasteiger partial charge in [0.25, 0.3) is 0 Å². The van der Waals surface area contributed by atoms with Crippen LogP contribution in [0.25, 0.3) is 17.0 Å². The Balaban J connectivity index is 1.48. The minimum atomic E-state index is -0.431. The van der Waals surface area contributed by atoms with Crippen LogP contribution >= 0.6 is 0 Å². The molecule has 0 bridgehead atoms. The second kappa shape index (κ2) is 9.14. The Morgan fingerprint density at radius 2 is 1.94 bits per heavy atom. The van der Waals surface area contributed by atoms with Gasteiger partial charge in [0, 0.05) is 54.9 Å². The smallest absolute Gasteiger partial charge is 0.233 e. The highest BCUT2D eigenvalue weighted by atomic mass is 19.1. The van der Waals surface area contributed by atoms with Crippen LogP contribution in [0.3, 0.4) is 0 Å².